The van der Waals surface area contributed by atoms with E-state index in [9.17, 15) is 0 Å². The Hall–Kier alpha value is -1.04. The van der Waals surface area contributed by atoms with Gasteiger partial charge in [-0.2, -0.15) is 0 Å². The molecule has 0 saturated heterocycles. The zero-order valence-electron chi connectivity index (χ0n) is 12.0. The molecule has 21 heavy (non-hydrogen) atoms. The van der Waals surface area contributed by atoms with Crippen molar-refractivity contribution < 1.29 is 5.73 Å². The molecule has 0 aliphatic heterocycles. The third-order valence-corrected chi connectivity index (χ3v) is 5.20. The summed E-state index contributed by atoms with van der Waals surface area (Å²) in [6, 6.07) is 8.37. The second-order valence-electron chi connectivity index (χ2n) is 5.30. The van der Waals surface area contributed by atoms with Gasteiger partial charge in [-0.25, -0.2) is 0 Å². The molecule has 1 aliphatic rings. The summed E-state index contributed by atoms with van der Waals surface area (Å²) >= 11 is 8.09. The van der Waals surface area contributed by atoms with Gasteiger partial charge in [0.25, 0.3) is 0 Å². The standard InChI is InChI=1S/C15H19ClN4S/c16-13-8-4-3-7-12(13)14-18-19-15(21-10-9-17)20(14)11-5-1-2-6-11/h3-4,7-8,11H,1-2,5-6,9-10,17H2/p+1. The number of hydrogen-bond acceptors (Lipinski definition) is 3. The van der Waals surface area contributed by atoms with Gasteiger partial charge in [0.2, 0.25) is 0 Å². The van der Waals surface area contributed by atoms with Crippen molar-refractivity contribution in [3.63, 3.8) is 0 Å². The van der Waals surface area contributed by atoms with Gasteiger partial charge in [0.05, 0.1) is 17.3 Å². The fourth-order valence-corrected chi connectivity index (χ4v) is 3.88. The van der Waals surface area contributed by atoms with Crippen LogP contribution in [0.5, 0.6) is 0 Å². The Bertz CT molecular complexity index is 607. The van der Waals surface area contributed by atoms with Gasteiger partial charge in [0, 0.05) is 11.6 Å². The quantitative estimate of drug-likeness (QED) is 0.860. The normalized spacial score (nSPS) is 15.7. The van der Waals surface area contributed by atoms with Gasteiger partial charge in [-0.05, 0) is 25.0 Å². The van der Waals surface area contributed by atoms with Crippen LogP contribution in [0, 0.1) is 0 Å². The Morgan fingerprint density at radius 2 is 2.00 bits per heavy atom. The lowest BCUT2D eigenvalue weighted by atomic mass is 10.2. The fraction of sp³-hybridized carbons (Fsp3) is 0.467. The minimum absolute atomic E-state index is 0.499. The van der Waals surface area contributed by atoms with Crippen LogP contribution in [-0.4, -0.2) is 27.1 Å². The second-order valence-corrected chi connectivity index (χ2v) is 6.77. The van der Waals surface area contributed by atoms with Crippen LogP contribution in [0.25, 0.3) is 11.4 Å². The van der Waals surface area contributed by atoms with Crippen molar-refractivity contribution in [2.45, 2.75) is 36.9 Å². The summed E-state index contributed by atoms with van der Waals surface area (Å²) in [5.41, 5.74) is 4.88. The van der Waals surface area contributed by atoms with Gasteiger partial charge in [-0.1, -0.05) is 48.3 Å². The number of aromatic nitrogens is 3. The molecule has 0 atom stereocenters. The first-order valence-corrected chi connectivity index (χ1v) is 8.79. The Morgan fingerprint density at radius 1 is 1.24 bits per heavy atom. The Balaban J connectivity index is 2.03. The highest BCUT2D eigenvalue weighted by molar-refractivity contribution is 7.99. The zero-order chi connectivity index (χ0) is 14.7. The van der Waals surface area contributed by atoms with Crippen molar-refractivity contribution in [3.8, 4) is 11.4 Å². The Kier molecular flexibility index (Phi) is 4.83. The van der Waals surface area contributed by atoms with Crippen LogP contribution in [0.3, 0.4) is 0 Å². The predicted molar refractivity (Wildman–Crippen MR) is 86.5 cm³/mol. The summed E-state index contributed by atoms with van der Waals surface area (Å²) in [5.74, 6) is 1.87. The van der Waals surface area contributed by atoms with E-state index in [1.54, 1.807) is 11.8 Å². The first-order valence-electron chi connectivity index (χ1n) is 7.43. The number of benzene rings is 1. The van der Waals surface area contributed by atoms with E-state index in [-0.39, 0.29) is 0 Å². The lowest BCUT2D eigenvalue weighted by Gasteiger charge is -2.17. The molecule has 1 heterocycles. The molecular weight excluding hydrogens is 304 g/mol. The minimum atomic E-state index is 0.499. The van der Waals surface area contributed by atoms with E-state index in [0.29, 0.717) is 6.04 Å². The third-order valence-electron chi connectivity index (χ3n) is 3.84. The maximum atomic E-state index is 6.35. The third kappa shape index (κ3) is 3.10. The van der Waals surface area contributed by atoms with E-state index in [1.807, 2.05) is 24.3 Å². The van der Waals surface area contributed by atoms with Crippen LogP contribution in [0.15, 0.2) is 29.4 Å². The molecule has 1 fully saturated rings. The molecule has 0 amide bonds. The molecule has 0 unspecified atom stereocenters. The van der Waals surface area contributed by atoms with Crippen molar-refractivity contribution >= 4 is 23.4 Å². The summed E-state index contributed by atoms with van der Waals surface area (Å²) in [4.78, 5) is 0. The van der Waals surface area contributed by atoms with Gasteiger partial charge in [0.15, 0.2) is 11.0 Å². The molecule has 1 aliphatic carbocycles. The predicted octanol–water partition coefficient (Wildman–Crippen LogP) is 3.05. The minimum Gasteiger partial charge on any atom is -0.357 e. The fourth-order valence-electron chi connectivity index (χ4n) is 2.86. The number of thioether (sulfide) groups is 1. The molecular formula is C15H20ClN4S+. The van der Waals surface area contributed by atoms with E-state index < -0.39 is 0 Å². The van der Waals surface area contributed by atoms with E-state index in [1.165, 1.54) is 25.7 Å². The first kappa shape index (κ1) is 14.9. The largest absolute Gasteiger partial charge is 0.357 e. The van der Waals surface area contributed by atoms with Crippen LogP contribution in [-0.2, 0) is 0 Å². The zero-order valence-corrected chi connectivity index (χ0v) is 13.5. The highest BCUT2D eigenvalue weighted by Crippen LogP contribution is 2.37. The number of hydrogen-bond donors (Lipinski definition) is 1. The first-order chi connectivity index (χ1) is 10.3. The number of quaternary nitrogens is 1. The van der Waals surface area contributed by atoms with Gasteiger partial charge in [-0.15, -0.1) is 10.2 Å². The van der Waals surface area contributed by atoms with E-state index in [0.717, 1.165) is 33.9 Å². The maximum Gasteiger partial charge on any atom is 0.191 e. The van der Waals surface area contributed by atoms with Crippen molar-refractivity contribution in [1.82, 2.24) is 14.8 Å². The average molecular weight is 324 g/mol. The van der Waals surface area contributed by atoms with Crippen molar-refractivity contribution in [2.75, 3.05) is 12.3 Å². The van der Waals surface area contributed by atoms with E-state index in [2.05, 4.69) is 20.5 Å². The number of nitrogens with zero attached hydrogens (tertiary/aromatic N) is 3. The summed E-state index contributed by atoms with van der Waals surface area (Å²) in [5, 5.41) is 10.6. The van der Waals surface area contributed by atoms with Crippen LogP contribution < -0.4 is 5.73 Å². The van der Waals surface area contributed by atoms with Crippen LogP contribution in [0.4, 0.5) is 0 Å². The van der Waals surface area contributed by atoms with E-state index in [4.69, 9.17) is 11.6 Å². The van der Waals surface area contributed by atoms with Crippen molar-refractivity contribution in [1.29, 1.82) is 0 Å². The van der Waals surface area contributed by atoms with Gasteiger partial charge in [0.1, 0.15) is 0 Å². The summed E-state index contributed by atoms with van der Waals surface area (Å²) in [6.07, 6.45) is 4.97. The lowest BCUT2D eigenvalue weighted by Crippen LogP contribution is -2.51. The molecule has 6 heteroatoms. The summed E-state index contributed by atoms with van der Waals surface area (Å²) in [7, 11) is 0. The molecule has 0 spiro atoms. The SMILES string of the molecule is [NH3+]CCSc1nnc(-c2ccccc2Cl)n1C1CCCC1. The van der Waals surface area contributed by atoms with Crippen molar-refractivity contribution in [2.24, 2.45) is 0 Å². The monoisotopic (exact) mass is 323 g/mol. The lowest BCUT2D eigenvalue weighted by molar-refractivity contribution is -0.360. The van der Waals surface area contributed by atoms with E-state index >= 15 is 0 Å². The van der Waals surface area contributed by atoms with Crippen molar-refractivity contribution in [3.05, 3.63) is 29.3 Å². The number of rotatable bonds is 5. The van der Waals surface area contributed by atoms with Crippen LogP contribution in [0.2, 0.25) is 5.02 Å². The highest BCUT2D eigenvalue weighted by Gasteiger charge is 2.25. The molecule has 1 aromatic heterocycles. The van der Waals surface area contributed by atoms with Crippen LogP contribution in [0.1, 0.15) is 31.7 Å². The molecule has 1 saturated carbocycles. The summed E-state index contributed by atoms with van der Waals surface area (Å²) < 4.78 is 2.30. The maximum absolute atomic E-state index is 6.35. The van der Waals surface area contributed by atoms with Gasteiger partial charge in [-0.3, -0.25) is 4.57 Å². The second kappa shape index (κ2) is 6.81. The van der Waals surface area contributed by atoms with Gasteiger partial charge < -0.3 is 5.73 Å². The molecule has 112 valence electrons. The Labute approximate surface area is 134 Å². The smallest absolute Gasteiger partial charge is 0.191 e. The molecule has 2 aromatic rings. The number of halogens is 1. The summed E-state index contributed by atoms with van der Waals surface area (Å²) in [6.45, 7) is 0.892. The molecule has 4 nitrogen and oxygen atoms in total. The molecule has 3 N–H and O–H groups in total. The molecule has 0 radical (unpaired) electrons. The van der Waals surface area contributed by atoms with Crippen LogP contribution >= 0.6 is 23.4 Å². The molecule has 1 aromatic carbocycles. The molecule has 3 rings (SSSR count). The van der Waals surface area contributed by atoms with Gasteiger partial charge >= 0.3 is 0 Å². The molecule has 0 bridgehead atoms. The average Bonchev–Trinajstić information content (AvgIpc) is 3.14. The topological polar surface area (TPSA) is 58.4 Å². The Morgan fingerprint density at radius 3 is 2.71 bits per heavy atom. The highest BCUT2D eigenvalue weighted by atomic mass is 35.5.